The molecule has 0 aromatic heterocycles. The Morgan fingerprint density at radius 3 is 2.47 bits per heavy atom. The van der Waals surface area contributed by atoms with Gasteiger partial charge in [0.05, 0.1) is 4.90 Å². The Balaban J connectivity index is 1.55. The van der Waals surface area contributed by atoms with E-state index in [4.69, 9.17) is 0 Å². The van der Waals surface area contributed by atoms with Gasteiger partial charge in [-0.3, -0.25) is 4.79 Å². The average Bonchev–Trinajstić information content (AvgIpc) is 2.79. The van der Waals surface area contributed by atoms with Crippen LogP contribution in [0.3, 0.4) is 0 Å². The van der Waals surface area contributed by atoms with Crippen LogP contribution in [0.2, 0.25) is 0 Å². The van der Waals surface area contributed by atoms with E-state index in [1.54, 1.807) is 39.5 Å². The molecule has 2 aliphatic rings. The number of carbonyl (C=O) groups is 1. The van der Waals surface area contributed by atoms with Crippen LogP contribution in [0, 0.1) is 6.92 Å². The van der Waals surface area contributed by atoms with Gasteiger partial charge >= 0.3 is 0 Å². The van der Waals surface area contributed by atoms with Crippen molar-refractivity contribution in [1.29, 1.82) is 0 Å². The first-order valence-corrected chi connectivity index (χ1v) is 12.6. The number of hydrogen-bond donors (Lipinski definition) is 1. The average molecular weight is 455 g/mol. The van der Waals surface area contributed by atoms with E-state index in [0.717, 1.165) is 36.0 Å². The summed E-state index contributed by atoms with van der Waals surface area (Å²) in [4.78, 5) is 15.2. The highest BCUT2D eigenvalue weighted by atomic mass is 32.2. The number of rotatable bonds is 4. The van der Waals surface area contributed by atoms with Crippen molar-refractivity contribution in [2.45, 2.75) is 50.5 Å². The van der Waals surface area contributed by atoms with Gasteiger partial charge < -0.3 is 10.0 Å². The van der Waals surface area contributed by atoms with Gasteiger partial charge in [0, 0.05) is 31.2 Å². The third-order valence-electron chi connectivity index (χ3n) is 6.52. The van der Waals surface area contributed by atoms with Crippen LogP contribution < -0.4 is 0 Å². The molecule has 7 heteroatoms. The first-order valence-electron chi connectivity index (χ1n) is 11.2. The number of piperidine rings is 1. The molecule has 2 aromatic carbocycles. The van der Waals surface area contributed by atoms with Crippen LogP contribution in [0.25, 0.3) is 5.57 Å². The fraction of sp³-hybridized carbons (Fsp3) is 0.400. The molecule has 1 amide bonds. The molecule has 2 aromatic rings. The van der Waals surface area contributed by atoms with E-state index in [1.807, 2.05) is 32.1 Å². The Morgan fingerprint density at radius 2 is 1.81 bits per heavy atom. The molecule has 1 N–H and O–H groups in total. The highest BCUT2D eigenvalue weighted by Crippen LogP contribution is 2.28. The third kappa shape index (κ3) is 4.45. The molecule has 0 aliphatic carbocycles. The zero-order chi connectivity index (χ0) is 22.9. The van der Waals surface area contributed by atoms with Gasteiger partial charge in [-0.2, -0.15) is 4.31 Å². The molecule has 2 aliphatic heterocycles. The highest BCUT2D eigenvalue weighted by molar-refractivity contribution is 7.89. The first kappa shape index (κ1) is 22.6. The van der Waals surface area contributed by atoms with Gasteiger partial charge in [-0.15, -0.1) is 0 Å². The van der Waals surface area contributed by atoms with Crippen LogP contribution >= 0.6 is 0 Å². The van der Waals surface area contributed by atoms with E-state index in [2.05, 4.69) is 0 Å². The first-order chi connectivity index (χ1) is 15.3. The predicted octanol–water partition coefficient (Wildman–Crippen LogP) is 4.19. The van der Waals surface area contributed by atoms with Crippen molar-refractivity contribution in [1.82, 2.24) is 9.21 Å². The highest BCUT2D eigenvalue weighted by Gasteiger charge is 2.32. The topological polar surface area (TPSA) is 77.9 Å². The fourth-order valence-electron chi connectivity index (χ4n) is 4.52. The Hall–Kier alpha value is -2.64. The molecule has 1 saturated heterocycles. The number of amides is 1. The van der Waals surface area contributed by atoms with Crippen LogP contribution in [-0.4, -0.2) is 54.3 Å². The van der Waals surface area contributed by atoms with Crippen LogP contribution in [0.5, 0.6) is 5.75 Å². The lowest BCUT2D eigenvalue weighted by atomic mass is 9.98. The van der Waals surface area contributed by atoms with Crippen molar-refractivity contribution in [2.24, 2.45) is 0 Å². The van der Waals surface area contributed by atoms with Crippen LogP contribution in [0.15, 0.2) is 53.4 Å². The number of phenolic OH excluding ortho intramolecular Hbond substituents is 1. The minimum absolute atomic E-state index is 0.0280. The van der Waals surface area contributed by atoms with Crippen LogP contribution in [0.1, 0.15) is 54.1 Å². The monoisotopic (exact) mass is 454 g/mol. The van der Waals surface area contributed by atoms with Gasteiger partial charge in [-0.1, -0.05) is 30.7 Å². The summed E-state index contributed by atoms with van der Waals surface area (Å²) in [6, 6.07) is 11.9. The molecule has 4 rings (SSSR count). The quantitative estimate of drug-likeness (QED) is 0.751. The normalized spacial score (nSPS) is 20.1. The number of hydrogen-bond acceptors (Lipinski definition) is 4. The molecule has 2 heterocycles. The molecule has 1 atom stereocenters. The van der Waals surface area contributed by atoms with Gasteiger partial charge in [-0.25, -0.2) is 8.42 Å². The van der Waals surface area contributed by atoms with E-state index < -0.39 is 10.0 Å². The van der Waals surface area contributed by atoms with Crippen molar-refractivity contribution in [3.63, 3.8) is 0 Å². The molecule has 1 fully saturated rings. The summed E-state index contributed by atoms with van der Waals surface area (Å²) < 4.78 is 28.1. The van der Waals surface area contributed by atoms with Crippen molar-refractivity contribution in [3.8, 4) is 5.75 Å². The van der Waals surface area contributed by atoms with Gasteiger partial charge in [-0.05, 0) is 74.1 Å². The summed E-state index contributed by atoms with van der Waals surface area (Å²) in [6.07, 6.45) is 5.50. The fourth-order valence-corrected chi connectivity index (χ4v) is 6.24. The molecule has 1 unspecified atom stereocenters. The zero-order valence-electron chi connectivity index (χ0n) is 18.6. The lowest BCUT2D eigenvalue weighted by Gasteiger charge is -2.32. The smallest absolute Gasteiger partial charge is 0.254 e. The Kier molecular flexibility index (Phi) is 6.40. The Bertz CT molecular complexity index is 1140. The lowest BCUT2D eigenvalue weighted by molar-refractivity contribution is 0.0772. The number of carbonyl (C=O) groups excluding carboxylic acids is 1. The maximum absolute atomic E-state index is 13.3. The minimum atomic E-state index is -3.63. The second-order valence-corrected chi connectivity index (χ2v) is 10.6. The summed E-state index contributed by atoms with van der Waals surface area (Å²) >= 11 is 0. The molecule has 0 saturated carbocycles. The van der Waals surface area contributed by atoms with E-state index >= 15 is 0 Å². The Labute approximate surface area is 190 Å². The number of aryl methyl sites for hydroxylation is 1. The lowest BCUT2D eigenvalue weighted by Crippen LogP contribution is -2.42. The Morgan fingerprint density at radius 1 is 1.06 bits per heavy atom. The molecular weight excluding hydrogens is 424 g/mol. The maximum atomic E-state index is 13.3. The van der Waals surface area contributed by atoms with Crippen molar-refractivity contribution in [2.75, 3.05) is 19.6 Å². The SMILES string of the molecule is Cc1ccc(S(=O)(=O)N2CCCCC2C)cc1C(=O)N1CC=C(c2ccc(O)cc2)CC1. The molecular formula is C25H30N2O4S. The van der Waals surface area contributed by atoms with Crippen LogP contribution in [0.4, 0.5) is 0 Å². The zero-order valence-corrected chi connectivity index (χ0v) is 19.4. The third-order valence-corrected chi connectivity index (χ3v) is 8.53. The minimum Gasteiger partial charge on any atom is -0.508 e. The number of sulfonamides is 1. The van der Waals surface area contributed by atoms with Crippen LogP contribution in [-0.2, 0) is 10.0 Å². The maximum Gasteiger partial charge on any atom is 0.254 e. The second kappa shape index (κ2) is 9.08. The van der Waals surface area contributed by atoms with Gasteiger partial charge in [0.2, 0.25) is 10.0 Å². The number of nitrogens with zero attached hydrogens (tertiary/aromatic N) is 2. The summed E-state index contributed by atoms with van der Waals surface area (Å²) in [5, 5.41) is 9.48. The molecule has 0 bridgehead atoms. The summed E-state index contributed by atoms with van der Waals surface area (Å²) in [5.41, 5.74) is 3.39. The van der Waals surface area contributed by atoms with E-state index in [0.29, 0.717) is 31.6 Å². The van der Waals surface area contributed by atoms with Crippen molar-refractivity contribution >= 4 is 21.5 Å². The summed E-state index contributed by atoms with van der Waals surface area (Å²) in [6.45, 7) is 5.34. The van der Waals surface area contributed by atoms with E-state index in [9.17, 15) is 18.3 Å². The molecule has 6 nitrogen and oxygen atoms in total. The van der Waals surface area contributed by atoms with E-state index in [1.165, 1.54) is 0 Å². The molecule has 0 radical (unpaired) electrons. The van der Waals surface area contributed by atoms with Gasteiger partial charge in [0.15, 0.2) is 0 Å². The second-order valence-electron chi connectivity index (χ2n) is 8.71. The van der Waals surface area contributed by atoms with E-state index in [-0.39, 0.29) is 22.6 Å². The molecule has 0 spiro atoms. The largest absolute Gasteiger partial charge is 0.508 e. The standard InChI is InChI=1S/C25H30N2O4S/c1-18-6-11-23(32(30,31)27-14-4-3-5-19(27)2)17-24(18)25(29)26-15-12-21(13-16-26)20-7-9-22(28)10-8-20/h6-12,17,19,28H,3-5,13-16H2,1-2H3. The summed E-state index contributed by atoms with van der Waals surface area (Å²) in [5.74, 6) is 0.0819. The summed E-state index contributed by atoms with van der Waals surface area (Å²) in [7, 11) is -3.63. The molecule has 170 valence electrons. The van der Waals surface area contributed by atoms with Gasteiger partial charge in [0.25, 0.3) is 5.91 Å². The molecule has 32 heavy (non-hydrogen) atoms. The van der Waals surface area contributed by atoms with Crippen molar-refractivity contribution < 1.29 is 18.3 Å². The number of phenols is 1. The number of aromatic hydroxyl groups is 1. The van der Waals surface area contributed by atoms with Crippen molar-refractivity contribution in [3.05, 3.63) is 65.2 Å². The number of benzene rings is 2. The predicted molar refractivity (Wildman–Crippen MR) is 125 cm³/mol. The van der Waals surface area contributed by atoms with Gasteiger partial charge in [0.1, 0.15) is 5.75 Å².